The van der Waals surface area contributed by atoms with E-state index in [-0.39, 0.29) is 5.60 Å². The minimum Gasteiger partial charge on any atom is -0.506 e. The first-order valence-electron chi connectivity index (χ1n) is 9.86. The van der Waals surface area contributed by atoms with Crippen molar-refractivity contribution in [3.05, 3.63) is 24.3 Å². The molecule has 7 nitrogen and oxygen atoms in total. The number of aliphatic imine (C=N–C) groups is 1. The van der Waals surface area contributed by atoms with Crippen molar-refractivity contribution in [3.63, 3.8) is 0 Å². The van der Waals surface area contributed by atoms with Crippen LogP contribution < -0.4 is 10.2 Å². The Hall–Kier alpha value is -1.99. The molecule has 0 radical (unpaired) electrons. The summed E-state index contributed by atoms with van der Waals surface area (Å²) in [7, 11) is 1.78. The van der Waals surface area contributed by atoms with E-state index in [4.69, 9.17) is 14.5 Å². The van der Waals surface area contributed by atoms with Crippen molar-refractivity contribution in [2.24, 2.45) is 4.99 Å². The molecule has 0 bridgehead atoms. The lowest BCUT2D eigenvalue weighted by molar-refractivity contribution is -0.0829. The number of anilines is 1. The van der Waals surface area contributed by atoms with Gasteiger partial charge >= 0.3 is 0 Å². The number of hydrogen-bond donors (Lipinski definition) is 2. The molecule has 2 saturated heterocycles. The second-order valence-electron chi connectivity index (χ2n) is 7.13. The molecule has 150 valence electrons. The first-order valence-corrected chi connectivity index (χ1v) is 9.86. The van der Waals surface area contributed by atoms with Crippen LogP contribution in [0, 0.1) is 0 Å². The molecule has 2 aliphatic rings. The van der Waals surface area contributed by atoms with Gasteiger partial charge in [0.2, 0.25) is 0 Å². The lowest BCUT2D eigenvalue weighted by Gasteiger charge is -2.39. The number of ether oxygens (including phenoxy) is 2. The number of nitrogens with zero attached hydrogens (tertiary/aromatic N) is 3. The van der Waals surface area contributed by atoms with E-state index < -0.39 is 0 Å². The van der Waals surface area contributed by atoms with Crippen LogP contribution in [0.1, 0.15) is 19.8 Å². The van der Waals surface area contributed by atoms with Crippen molar-refractivity contribution in [2.45, 2.75) is 25.4 Å². The summed E-state index contributed by atoms with van der Waals surface area (Å²) in [6.45, 7) is 8.48. The highest BCUT2D eigenvalue weighted by molar-refractivity contribution is 5.80. The highest BCUT2D eigenvalue weighted by Crippen LogP contribution is 2.27. The van der Waals surface area contributed by atoms with E-state index in [9.17, 15) is 5.11 Å². The molecule has 0 spiro atoms. The molecular formula is C20H32N4O3. The Morgan fingerprint density at radius 1 is 1.22 bits per heavy atom. The second-order valence-corrected chi connectivity index (χ2v) is 7.13. The number of benzene rings is 1. The van der Waals surface area contributed by atoms with Crippen LogP contribution >= 0.6 is 0 Å². The zero-order valence-electron chi connectivity index (χ0n) is 16.5. The number of hydrogen-bond acceptors (Lipinski definition) is 5. The molecule has 2 fully saturated rings. The van der Waals surface area contributed by atoms with Gasteiger partial charge in [0.25, 0.3) is 0 Å². The lowest BCUT2D eigenvalue weighted by Crippen LogP contribution is -2.53. The van der Waals surface area contributed by atoms with Gasteiger partial charge in [-0.1, -0.05) is 12.1 Å². The van der Waals surface area contributed by atoms with Crippen LogP contribution in [0.15, 0.2) is 29.3 Å². The summed E-state index contributed by atoms with van der Waals surface area (Å²) in [6, 6.07) is 7.53. The molecule has 1 aromatic carbocycles. The third-order valence-corrected chi connectivity index (χ3v) is 5.49. The van der Waals surface area contributed by atoms with Crippen LogP contribution in [0.25, 0.3) is 0 Å². The van der Waals surface area contributed by atoms with E-state index in [0.717, 1.165) is 70.4 Å². The number of aromatic hydroxyl groups is 1. The fourth-order valence-corrected chi connectivity index (χ4v) is 3.71. The van der Waals surface area contributed by atoms with E-state index in [1.165, 1.54) is 0 Å². The van der Waals surface area contributed by atoms with E-state index in [2.05, 4.69) is 22.0 Å². The number of methoxy groups -OCH3 is 1. The maximum Gasteiger partial charge on any atom is 0.194 e. The molecule has 0 aromatic heterocycles. The van der Waals surface area contributed by atoms with Crippen LogP contribution in [0.5, 0.6) is 5.75 Å². The number of guanidine groups is 1. The van der Waals surface area contributed by atoms with Crippen LogP contribution in [-0.4, -0.2) is 81.2 Å². The van der Waals surface area contributed by atoms with Gasteiger partial charge in [-0.25, -0.2) is 0 Å². The number of nitrogens with one attached hydrogen (secondary N) is 1. The molecule has 1 aromatic rings. The molecule has 2 N–H and O–H groups in total. The Balaban J connectivity index is 1.63. The third-order valence-electron chi connectivity index (χ3n) is 5.49. The molecule has 0 unspecified atom stereocenters. The summed E-state index contributed by atoms with van der Waals surface area (Å²) >= 11 is 0. The summed E-state index contributed by atoms with van der Waals surface area (Å²) in [4.78, 5) is 9.42. The van der Waals surface area contributed by atoms with E-state index >= 15 is 0 Å². The molecule has 7 heteroatoms. The minimum absolute atomic E-state index is 0.212. The first kappa shape index (κ1) is 19.8. The van der Waals surface area contributed by atoms with Crippen LogP contribution in [-0.2, 0) is 9.47 Å². The average Bonchev–Trinajstić information content (AvgIpc) is 2.72. The van der Waals surface area contributed by atoms with Crippen molar-refractivity contribution in [1.29, 1.82) is 0 Å². The Bertz CT molecular complexity index is 623. The number of phenols is 1. The van der Waals surface area contributed by atoms with Gasteiger partial charge < -0.3 is 29.7 Å². The monoisotopic (exact) mass is 376 g/mol. The summed E-state index contributed by atoms with van der Waals surface area (Å²) in [5.74, 6) is 1.28. The average molecular weight is 377 g/mol. The van der Waals surface area contributed by atoms with Crippen LogP contribution in [0.4, 0.5) is 5.69 Å². The maximum absolute atomic E-state index is 10.1. The normalized spacial score (nSPS) is 20.6. The topological polar surface area (TPSA) is 69.6 Å². The predicted octanol–water partition coefficient (Wildman–Crippen LogP) is 1.68. The largest absolute Gasteiger partial charge is 0.506 e. The number of rotatable bonds is 5. The van der Waals surface area contributed by atoms with Gasteiger partial charge in [0.1, 0.15) is 5.75 Å². The van der Waals surface area contributed by atoms with Crippen LogP contribution in [0.3, 0.4) is 0 Å². The molecule has 0 atom stereocenters. The van der Waals surface area contributed by atoms with Crippen LogP contribution in [0.2, 0.25) is 0 Å². The molecule has 3 rings (SSSR count). The Morgan fingerprint density at radius 3 is 2.56 bits per heavy atom. The highest BCUT2D eigenvalue weighted by atomic mass is 16.5. The van der Waals surface area contributed by atoms with Crippen molar-refractivity contribution in [2.75, 3.05) is 64.5 Å². The van der Waals surface area contributed by atoms with Gasteiger partial charge in [-0.15, -0.1) is 0 Å². The van der Waals surface area contributed by atoms with Gasteiger partial charge in [-0.3, -0.25) is 4.99 Å². The smallest absolute Gasteiger partial charge is 0.194 e. The van der Waals surface area contributed by atoms with E-state index in [1.807, 2.05) is 18.2 Å². The van der Waals surface area contributed by atoms with Gasteiger partial charge in [0.05, 0.1) is 17.8 Å². The van der Waals surface area contributed by atoms with Crippen molar-refractivity contribution in [1.82, 2.24) is 10.2 Å². The summed E-state index contributed by atoms with van der Waals surface area (Å²) in [6.07, 6.45) is 1.76. The second kappa shape index (κ2) is 9.28. The number of para-hydroxylation sites is 2. The first-order chi connectivity index (χ1) is 13.2. The molecule has 0 amide bonds. The summed E-state index contributed by atoms with van der Waals surface area (Å²) in [5, 5.41) is 13.5. The molecular weight excluding hydrogens is 344 g/mol. The maximum atomic E-state index is 10.1. The molecule has 2 aliphatic heterocycles. The molecule has 0 saturated carbocycles. The van der Waals surface area contributed by atoms with Gasteiger partial charge in [0, 0.05) is 65.9 Å². The fraction of sp³-hybridized carbons (Fsp3) is 0.650. The Kier molecular flexibility index (Phi) is 6.79. The van der Waals surface area contributed by atoms with E-state index in [0.29, 0.717) is 12.3 Å². The van der Waals surface area contributed by atoms with Crippen molar-refractivity contribution >= 4 is 11.6 Å². The quantitative estimate of drug-likeness (QED) is 0.602. The zero-order chi connectivity index (χ0) is 19.1. The van der Waals surface area contributed by atoms with Gasteiger partial charge in [-0.2, -0.15) is 0 Å². The zero-order valence-corrected chi connectivity index (χ0v) is 16.5. The minimum atomic E-state index is -0.212. The fourth-order valence-electron chi connectivity index (χ4n) is 3.71. The molecule has 0 aliphatic carbocycles. The van der Waals surface area contributed by atoms with Gasteiger partial charge in [-0.05, 0) is 19.1 Å². The number of phenolic OH excluding ortho intramolecular Hbond substituents is 1. The Morgan fingerprint density at radius 2 is 1.93 bits per heavy atom. The standard InChI is InChI=1S/C20H32N4O3/c1-3-21-19(22-16-20(26-2)8-14-27-15-9-20)24-12-10-23(11-13-24)17-6-4-5-7-18(17)25/h4-7,25H,3,8-16H2,1-2H3,(H,21,22). The number of piperazine rings is 1. The summed E-state index contributed by atoms with van der Waals surface area (Å²) < 4.78 is 11.3. The molecule has 2 heterocycles. The predicted molar refractivity (Wildman–Crippen MR) is 108 cm³/mol. The lowest BCUT2D eigenvalue weighted by atomic mass is 9.94. The third kappa shape index (κ3) is 4.84. The van der Waals surface area contributed by atoms with Crippen molar-refractivity contribution in [3.8, 4) is 5.75 Å². The van der Waals surface area contributed by atoms with E-state index in [1.54, 1.807) is 13.2 Å². The molecule has 27 heavy (non-hydrogen) atoms. The Labute approximate surface area is 162 Å². The summed E-state index contributed by atoms with van der Waals surface area (Å²) in [5.41, 5.74) is 0.691. The van der Waals surface area contributed by atoms with Gasteiger partial charge in [0.15, 0.2) is 5.96 Å². The SMILES string of the molecule is CCNC(=NCC1(OC)CCOCC1)N1CCN(c2ccccc2O)CC1. The van der Waals surface area contributed by atoms with Crippen molar-refractivity contribution < 1.29 is 14.6 Å². The highest BCUT2D eigenvalue weighted by Gasteiger charge is 2.33.